The molecule has 0 aromatic carbocycles. The molecule has 2 amide bonds. The van der Waals surface area contributed by atoms with E-state index < -0.39 is 6.09 Å². The van der Waals surface area contributed by atoms with Gasteiger partial charge in [-0.3, -0.25) is 4.79 Å². The topological polar surface area (TPSA) is 82.0 Å². The number of rotatable bonds is 6. The van der Waals surface area contributed by atoms with Gasteiger partial charge in [0.2, 0.25) is 5.91 Å². The Balaban J connectivity index is 1.72. The van der Waals surface area contributed by atoms with Gasteiger partial charge in [0.05, 0.1) is 6.42 Å². The summed E-state index contributed by atoms with van der Waals surface area (Å²) in [4.78, 5) is 21.8. The highest BCUT2D eigenvalue weighted by Gasteiger charge is 2.27. The van der Waals surface area contributed by atoms with Gasteiger partial charge in [0, 0.05) is 25.2 Å². The number of nitrogens with one attached hydrogen (secondary N) is 1. The molecule has 0 saturated heterocycles. The van der Waals surface area contributed by atoms with Crippen LogP contribution in [0.4, 0.5) is 4.79 Å². The molecular weight excluding hydrogens is 222 g/mol. The summed E-state index contributed by atoms with van der Waals surface area (Å²) in [5, 5.41) is 16.5. The second-order valence-corrected chi connectivity index (χ2v) is 4.57. The maximum absolute atomic E-state index is 11.6. The van der Waals surface area contributed by atoms with Crippen molar-refractivity contribution in [2.45, 2.75) is 32.1 Å². The summed E-state index contributed by atoms with van der Waals surface area (Å²) in [6, 6.07) is 0. The van der Waals surface area contributed by atoms with Crippen LogP contribution in [0.25, 0.3) is 0 Å². The van der Waals surface area contributed by atoms with Crippen molar-refractivity contribution in [3.63, 3.8) is 0 Å². The minimum absolute atomic E-state index is 0.0379. The molecule has 1 fully saturated rings. The highest BCUT2D eigenvalue weighted by atomic mass is 16.4. The average molecular weight is 239 g/mol. The summed E-state index contributed by atoms with van der Waals surface area (Å²) in [6.07, 6.45) is 3.41. The lowest BCUT2D eigenvalue weighted by Crippen LogP contribution is -2.23. The maximum Gasteiger partial charge on any atom is 0.404 e. The first-order valence-electron chi connectivity index (χ1n) is 5.98. The van der Waals surface area contributed by atoms with Crippen molar-refractivity contribution in [2.75, 3.05) is 13.1 Å². The Labute approximate surface area is 99.7 Å². The Hall–Kier alpha value is -1.59. The first-order valence-corrected chi connectivity index (χ1v) is 5.98. The Morgan fingerprint density at radius 3 is 2.94 bits per heavy atom. The van der Waals surface area contributed by atoms with Crippen molar-refractivity contribution in [1.82, 2.24) is 10.3 Å². The molecule has 6 nitrogen and oxygen atoms in total. The molecule has 94 valence electrons. The zero-order valence-electron chi connectivity index (χ0n) is 9.69. The fourth-order valence-electron chi connectivity index (χ4n) is 1.87. The van der Waals surface area contributed by atoms with Crippen molar-refractivity contribution in [2.24, 2.45) is 11.0 Å². The SMILES string of the molecule is O=C(O)NCCC1=NN(CCC2CC2)C(=O)C1. The highest BCUT2D eigenvalue weighted by molar-refractivity contribution is 6.05. The fraction of sp³-hybridized carbons (Fsp3) is 0.727. The molecule has 2 rings (SSSR count). The van der Waals surface area contributed by atoms with E-state index in [4.69, 9.17) is 5.11 Å². The van der Waals surface area contributed by atoms with Crippen LogP contribution in [0.3, 0.4) is 0 Å². The largest absolute Gasteiger partial charge is 0.465 e. The fourth-order valence-corrected chi connectivity index (χ4v) is 1.87. The molecule has 6 heteroatoms. The third-order valence-corrected chi connectivity index (χ3v) is 3.04. The second-order valence-electron chi connectivity index (χ2n) is 4.57. The van der Waals surface area contributed by atoms with E-state index in [1.165, 1.54) is 17.9 Å². The minimum atomic E-state index is -1.04. The quantitative estimate of drug-likeness (QED) is 0.726. The van der Waals surface area contributed by atoms with Crippen molar-refractivity contribution >= 4 is 17.7 Å². The Morgan fingerprint density at radius 1 is 1.53 bits per heavy atom. The summed E-state index contributed by atoms with van der Waals surface area (Å²) in [5.41, 5.74) is 0.777. The van der Waals surface area contributed by atoms with Crippen LogP contribution >= 0.6 is 0 Å². The molecule has 0 aromatic rings. The summed E-state index contributed by atoms with van der Waals surface area (Å²) >= 11 is 0. The van der Waals surface area contributed by atoms with E-state index >= 15 is 0 Å². The predicted molar refractivity (Wildman–Crippen MR) is 61.8 cm³/mol. The van der Waals surface area contributed by atoms with Gasteiger partial charge < -0.3 is 10.4 Å². The van der Waals surface area contributed by atoms with E-state index in [2.05, 4.69) is 10.4 Å². The van der Waals surface area contributed by atoms with Crippen molar-refractivity contribution in [1.29, 1.82) is 0 Å². The number of carboxylic acid groups (broad SMARTS) is 1. The molecule has 1 heterocycles. The van der Waals surface area contributed by atoms with Crippen LogP contribution in [0, 0.1) is 5.92 Å². The van der Waals surface area contributed by atoms with Gasteiger partial charge in [0.15, 0.2) is 0 Å². The first-order chi connectivity index (χ1) is 8.15. The lowest BCUT2D eigenvalue weighted by Gasteiger charge is -2.10. The average Bonchev–Trinajstić information content (AvgIpc) is 3.01. The van der Waals surface area contributed by atoms with E-state index in [1.807, 2.05) is 0 Å². The summed E-state index contributed by atoms with van der Waals surface area (Å²) in [6.45, 7) is 1.03. The van der Waals surface area contributed by atoms with Gasteiger partial charge in [-0.15, -0.1) is 0 Å². The van der Waals surface area contributed by atoms with Gasteiger partial charge in [0.1, 0.15) is 0 Å². The van der Waals surface area contributed by atoms with Gasteiger partial charge in [-0.05, 0) is 12.3 Å². The molecule has 2 N–H and O–H groups in total. The summed E-state index contributed by atoms with van der Waals surface area (Å²) in [7, 11) is 0. The van der Waals surface area contributed by atoms with Crippen LogP contribution in [-0.4, -0.2) is 40.9 Å². The molecular formula is C11H17N3O3. The molecule has 0 atom stereocenters. The molecule has 0 aromatic heterocycles. The molecule has 0 bridgehead atoms. The molecule has 0 unspecified atom stereocenters. The highest BCUT2D eigenvalue weighted by Crippen LogP contribution is 2.32. The third kappa shape index (κ3) is 3.72. The number of nitrogens with zero attached hydrogens (tertiary/aromatic N) is 2. The maximum atomic E-state index is 11.6. The number of amides is 2. The standard InChI is InChI=1S/C11H17N3O3/c15-10-7-9(3-5-12-11(16)17)13-14(10)6-4-8-1-2-8/h8,12H,1-7H2,(H,16,17). The third-order valence-electron chi connectivity index (χ3n) is 3.04. The molecule has 1 aliphatic carbocycles. The lowest BCUT2D eigenvalue weighted by molar-refractivity contribution is -0.128. The van der Waals surface area contributed by atoms with Gasteiger partial charge >= 0.3 is 6.09 Å². The van der Waals surface area contributed by atoms with E-state index in [9.17, 15) is 9.59 Å². The normalized spacial score (nSPS) is 19.4. The van der Waals surface area contributed by atoms with Gasteiger partial charge in [-0.25, -0.2) is 9.80 Å². The molecule has 0 radical (unpaired) electrons. The van der Waals surface area contributed by atoms with Crippen LogP contribution in [0.5, 0.6) is 0 Å². The molecule has 1 aliphatic heterocycles. The van der Waals surface area contributed by atoms with Crippen LogP contribution in [0.2, 0.25) is 0 Å². The molecule has 2 aliphatic rings. The number of carbonyl (C=O) groups is 2. The molecule has 0 spiro atoms. The zero-order valence-corrected chi connectivity index (χ0v) is 9.69. The second kappa shape index (κ2) is 5.16. The number of hydrazone groups is 1. The van der Waals surface area contributed by atoms with Crippen molar-refractivity contribution < 1.29 is 14.7 Å². The monoisotopic (exact) mass is 239 g/mol. The first kappa shape index (κ1) is 11.9. The predicted octanol–water partition coefficient (Wildman–Crippen LogP) is 1.03. The van der Waals surface area contributed by atoms with Crippen molar-refractivity contribution in [3.05, 3.63) is 0 Å². The number of hydrogen-bond donors (Lipinski definition) is 2. The Kier molecular flexibility index (Phi) is 3.61. The number of hydrogen-bond acceptors (Lipinski definition) is 3. The minimum Gasteiger partial charge on any atom is -0.465 e. The van der Waals surface area contributed by atoms with E-state index in [0.717, 1.165) is 18.1 Å². The Bertz CT molecular complexity index is 350. The van der Waals surface area contributed by atoms with E-state index in [-0.39, 0.29) is 5.91 Å². The van der Waals surface area contributed by atoms with Crippen LogP contribution < -0.4 is 5.32 Å². The van der Waals surface area contributed by atoms with E-state index in [1.54, 1.807) is 0 Å². The van der Waals surface area contributed by atoms with Gasteiger partial charge in [-0.1, -0.05) is 12.8 Å². The number of carbonyl (C=O) groups excluding carboxylic acids is 1. The van der Waals surface area contributed by atoms with Gasteiger partial charge in [-0.2, -0.15) is 5.10 Å². The van der Waals surface area contributed by atoms with Crippen LogP contribution in [0.1, 0.15) is 32.1 Å². The Morgan fingerprint density at radius 2 is 2.29 bits per heavy atom. The lowest BCUT2D eigenvalue weighted by atomic mass is 10.2. The summed E-state index contributed by atoms with van der Waals surface area (Å²) < 4.78 is 0. The smallest absolute Gasteiger partial charge is 0.404 e. The zero-order chi connectivity index (χ0) is 12.3. The van der Waals surface area contributed by atoms with Crippen LogP contribution in [0.15, 0.2) is 5.10 Å². The molecule has 17 heavy (non-hydrogen) atoms. The van der Waals surface area contributed by atoms with Gasteiger partial charge in [0.25, 0.3) is 0 Å². The van der Waals surface area contributed by atoms with Crippen molar-refractivity contribution in [3.8, 4) is 0 Å². The van der Waals surface area contributed by atoms with E-state index in [0.29, 0.717) is 25.9 Å². The summed E-state index contributed by atoms with van der Waals surface area (Å²) in [5.74, 6) is 0.826. The molecule has 1 saturated carbocycles. The van der Waals surface area contributed by atoms with Crippen LogP contribution in [-0.2, 0) is 4.79 Å².